The van der Waals surface area contributed by atoms with Gasteiger partial charge in [0.05, 0.1) is 31.1 Å². The number of carbonyl (C=O) groups excluding carboxylic acids is 1. The lowest BCUT2D eigenvalue weighted by Crippen LogP contribution is -2.45. The van der Waals surface area contributed by atoms with Gasteiger partial charge in [-0.1, -0.05) is 44.4 Å². The number of esters is 1. The van der Waals surface area contributed by atoms with Gasteiger partial charge in [-0.15, -0.1) is 0 Å². The van der Waals surface area contributed by atoms with E-state index in [-0.39, 0.29) is 25.0 Å². The van der Waals surface area contributed by atoms with Gasteiger partial charge in [-0.25, -0.2) is 13.2 Å². The van der Waals surface area contributed by atoms with Gasteiger partial charge in [-0.3, -0.25) is 4.72 Å². The summed E-state index contributed by atoms with van der Waals surface area (Å²) in [5.41, 5.74) is 1.10. The molecule has 11 nitrogen and oxygen atoms in total. The van der Waals surface area contributed by atoms with Crippen molar-refractivity contribution in [3.05, 3.63) is 41.5 Å². The molecule has 1 saturated heterocycles. The third-order valence-electron chi connectivity index (χ3n) is 7.06. The molecule has 1 aliphatic carbocycles. The number of anilines is 1. The lowest BCUT2D eigenvalue weighted by molar-refractivity contribution is -0.164. The van der Waals surface area contributed by atoms with Gasteiger partial charge in [0.15, 0.2) is 5.79 Å². The molecule has 220 valence electrons. The van der Waals surface area contributed by atoms with E-state index in [1.807, 2.05) is 12.1 Å². The van der Waals surface area contributed by atoms with Crippen molar-refractivity contribution >= 4 is 21.7 Å². The minimum absolute atomic E-state index is 0.00335. The summed E-state index contributed by atoms with van der Waals surface area (Å²) in [6, 6.07) is 7.16. The number of nitrogens with one attached hydrogen (secondary N) is 1. The van der Waals surface area contributed by atoms with Crippen molar-refractivity contribution in [3.63, 3.8) is 0 Å². The van der Waals surface area contributed by atoms with E-state index in [0.717, 1.165) is 31.2 Å². The molecule has 39 heavy (non-hydrogen) atoms. The molecule has 5 N–H and O–H groups in total. The summed E-state index contributed by atoms with van der Waals surface area (Å²) in [4.78, 5) is 13.0. The standard InChI is InChI=1S/C27H41NO10S/c1-3-5-6-7-10-18-11-8-9-12-20(18)28-39(34,35)23-13-14-27(15-19(23)26(33)36-4-2)37-24(21(31)16-29)25(38-27)22(32)17-30/h8-9,11-12,15,21-25,28-32H,3-7,10,13-14,16-17H2,1-2H3. The highest BCUT2D eigenvalue weighted by Crippen LogP contribution is 2.43. The minimum atomic E-state index is -4.13. The molecule has 2 aliphatic rings. The summed E-state index contributed by atoms with van der Waals surface area (Å²) in [5, 5.41) is 38.1. The molecule has 3 rings (SSSR count). The molecular formula is C27H41NO10S. The summed E-state index contributed by atoms with van der Waals surface area (Å²) >= 11 is 0. The minimum Gasteiger partial charge on any atom is -0.463 e. The van der Waals surface area contributed by atoms with E-state index in [2.05, 4.69) is 11.6 Å². The number of hydrogen-bond acceptors (Lipinski definition) is 10. The van der Waals surface area contributed by atoms with Gasteiger partial charge in [-0.05, 0) is 43.9 Å². The summed E-state index contributed by atoms with van der Waals surface area (Å²) < 4.78 is 46.9. The fraction of sp³-hybridized carbons (Fsp3) is 0.667. The van der Waals surface area contributed by atoms with E-state index < -0.39 is 64.7 Å². The maximum atomic E-state index is 13.7. The number of rotatable bonds is 14. The second-order valence-corrected chi connectivity index (χ2v) is 11.8. The van der Waals surface area contributed by atoms with Gasteiger partial charge < -0.3 is 34.6 Å². The van der Waals surface area contributed by atoms with Crippen molar-refractivity contribution < 1.29 is 47.8 Å². The number of hydrogen-bond donors (Lipinski definition) is 5. The highest BCUT2D eigenvalue weighted by atomic mass is 32.2. The third-order valence-corrected chi connectivity index (χ3v) is 8.80. The van der Waals surface area contributed by atoms with Crippen LogP contribution < -0.4 is 4.72 Å². The Kier molecular flexibility index (Phi) is 11.3. The molecule has 1 aromatic carbocycles. The van der Waals surface area contributed by atoms with Crippen molar-refractivity contribution in [2.75, 3.05) is 24.5 Å². The smallest absolute Gasteiger partial charge is 0.335 e. The summed E-state index contributed by atoms with van der Waals surface area (Å²) in [6.45, 7) is 2.31. The second kappa shape index (κ2) is 14.0. The van der Waals surface area contributed by atoms with Gasteiger partial charge in [-0.2, -0.15) is 0 Å². The van der Waals surface area contributed by atoms with Gasteiger partial charge in [0.1, 0.15) is 29.7 Å². The summed E-state index contributed by atoms with van der Waals surface area (Å²) in [7, 11) is -4.13. The van der Waals surface area contributed by atoms with Crippen LogP contribution in [0.4, 0.5) is 5.69 Å². The summed E-state index contributed by atoms with van der Waals surface area (Å²) in [6.07, 6.45) is 0.568. The number of ether oxygens (including phenoxy) is 3. The number of aliphatic hydroxyl groups excluding tert-OH is 4. The van der Waals surface area contributed by atoms with Gasteiger partial charge in [0.2, 0.25) is 10.0 Å². The molecule has 1 heterocycles. The molecule has 1 aliphatic heterocycles. The molecule has 5 unspecified atom stereocenters. The Morgan fingerprint density at radius 1 is 1.08 bits per heavy atom. The highest BCUT2D eigenvalue weighted by Gasteiger charge is 2.55. The molecule has 5 atom stereocenters. The largest absolute Gasteiger partial charge is 0.463 e. The van der Waals surface area contributed by atoms with E-state index in [1.54, 1.807) is 19.1 Å². The molecular weight excluding hydrogens is 530 g/mol. The topological polar surface area (TPSA) is 172 Å². The number of sulfonamides is 1. The second-order valence-electron chi connectivity index (χ2n) is 9.94. The molecule has 1 aromatic rings. The van der Waals surface area contributed by atoms with Crippen LogP contribution in [0.2, 0.25) is 0 Å². The van der Waals surface area contributed by atoms with Crippen LogP contribution in [-0.2, 0) is 35.4 Å². The first-order valence-electron chi connectivity index (χ1n) is 13.5. The molecule has 0 saturated carbocycles. The van der Waals surface area contributed by atoms with E-state index in [1.165, 1.54) is 6.08 Å². The van der Waals surface area contributed by atoms with Crippen molar-refractivity contribution in [3.8, 4) is 0 Å². The fourth-order valence-corrected chi connectivity index (χ4v) is 6.61. The molecule has 12 heteroatoms. The van der Waals surface area contributed by atoms with Crippen LogP contribution >= 0.6 is 0 Å². The van der Waals surface area contributed by atoms with Gasteiger partial charge in [0.25, 0.3) is 0 Å². The van der Waals surface area contributed by atoms with Crippen LogP contribution in [0, 0.1) is 0 Å². The first-order valence-corrected chi connectivity index (χ1v) is 15.1. The van der Waals surface area contributed by atoms with Crippen LogP contribution in [0.5, 0.6) is 0 Å². The van der Waals surface area contributed by atoms with Crippen molar-refractivity contribution in [2.24, 2.45) is 0 Å². The predicted molar refractivity (Wildman–Crippen MR) is 143 cm³/mol. The normalized spacial score (nSPS) is 26.7. The Labute approximate surface area is 229 Å². The molecule has 0 bridgehead atoms. The number of carbonyl (C=O) groups is 1. The molecule has 0 radical (unpaired) electrons. The average Bonchev–Trinajstić information content (AvgIpc) is 3.29. The van der Waals surface area contributed by atoms with E-state index in [9.17, 15) is 33.6 Å². The molecule has 0 aromatic heterocycles. The predicted octanol–water partition coefficient (Wildman–Crippen LogP) is 1.39. The first kappa shape index (κ1) is 31.5. The Morgan fingerprint density at radius 3 is 2.31 bits per heavy atom. The lowest BCUT2D eigenvalue weighted by atomic mass is 9.94. The zero-order chi connectivity index (χ0) is 28.6. The molecule has 1 spiro atoms. The van der Waals surface area contributed by atoms with E-state index in [4.69, 9.17) is 14.2 Å². The number of aryl methyl sites for hydroxylation is 1. The van der Waals surface area contributed by atoms with Crippen LogP contribution in [0.25, 0.3) is 0 Å². The number of aliphatic hydroxyl groups is 4. The fourth-order valence-electron chi connectivity index (χ4n) is 5.03. The Hall–Kier alpha value is -2.06. The lowest BCUT2D eigenvalue weighted by Gasteiger charge is -2.34. The SMILES string of the molecule is CCCCCCc1ccccc1NS(=O)(=O)C1CCC2(C=C1C(=O)OCC)OC(C(O)CO)C(C(O)CO)O2. The third kappa shape index (κ3) is 7.57. The Bertz CT molecular complexity index is 1070. The van der Waals surface area contributed by atoms with Crippen LogP contribution in [0.15, 0.2) is 35.9 Å². The van der Waals surface area contributed by atoms with Crippen molar-refractivity contribution in [1.82, 2.24) is 0 Å². The van der Waals surface area contributed by atoms with Gasteiger partial charge in [0, 0.05) is 6.42 Å². The van der Waals surface area contributed by atoms with Gasteiger partial charge >= 0.3 is 5.97 Å². The maximum Gasteiger partial charge on any atom is 0.335 e. The quantitative estimate of drug-likeness (QED) is 0.162. The zero-order valence-electron chi connectivity index (χ0n) is 22.5. The average molecular weight is 572 g/mol. The van der Waals surface area contributed by atoms with E-state index >= 15 is 0 Å². The van der Waals surface area contributed by atoms with Crippen LogP contribution in [-0.4, -0.2) is 90.1 Å². The Balaban J connectivity index is 1.92. The van der Waals surface area contributed by atoms with Crippen LogP contribution in [0.3, 0.4) is 0 Å². The maximum absolute atomic E-state index is 13.7. The van der Waals surface area contributed by atoms with Crippen LogP contribution in [0.1, 0.15) is 57.9 Å². The number of unbranched alkanes of at least 4 members (excludes halogenated alkanes) is 3. The van der Waals surface area contributed by atoms with Crippen molar-refractivity contribution in [1.29, 1.82) is 0 Å². The van der Waals surface area contributed by atoms with Crippen molar-refractivity contribution in [2.45, 2.75) is 94.2 Å². The number of para-hydroxylation sites is 1. The monoisotopic (exact) mass is 571 g/mol. The molecule has 0 amide bonds. The highest BCUT2D eigenvalue weighted by molar-refractivity contribution is 7.93. The Morgan fingerprint density at radius 2 is 1.72 bits per heavy atom. The first-order chi connectivity index (χ1) is 18.6. The zero-order valence-corrected chi connectivity index (χ0v) is 23.3. The summed E-state index contributed by atoms with van der Waals surface area (Å²) in [5.74, 6) is -2.54. The van der Waals surface area contributed by atoms with E-state index in [0.29, 0.717) is 12.1 Å². The number of benzene rings is 1. The molecule has 1 fully saturated rings.